The quantitative estimate of drug-likeness (QED) is 0.671. The fourth-order valence-corrected chi connectivity index (χ4v) is 1.47. The monoisotopic (exact) mass is 206 g/mol. The first kappa shape index (κ1) is 8.97. The van der Waals surface area contributed by atoms with Crippen LogP contribution in [-0.2, 0) is 6.54 Å². The van der Waals surface area contributed by atoms with Crippen LogP contribution in [0, 0.1) is 11.3 Å². The number of hydrogen-bond acceptors (Lipinski definition) is 3. The molecule has 2 aromatic rings. The van der Waals surface area contributed by atoms with Crippen LogP contribution in [0.2, 0.25) is 5.15 Å². The van der Waals surface area contributed by atoms with E-state index in [4.69, 9.17) is 16.9 Å². The number of pyridine rings is 1. The van der Waals surface area contributed by atoms with Gasteiger partial charge in [-0.25, -0.2) is 9.67 Å². The number of halogens is 1. The fourth-order valence-electron chi connectivity index (χ4n) is 1.33. The van der Waals surface area contributed by atoms with Gasteiger partial charge in [0, 0.05) is 6.54 Å². The lowest BCUT2D eigenvalue weighted by molar-refractivity contribution is 0.674. The Morgan fingerprint density at radius 3 is 3.00 bits per heavy atom. The highest BCUT2D eigenvalue weighted by Crippen LogP contribution is 2.18. The molecule has 0 N–H and O–H groups in total. The van der Waals surface area contributed by atoms with E-state index in [9.17, 15) is 0 Å². The van der Waals surface area contributed by atoms with E-state index < -0.39 is 0 Å². The maximum absolute atomic E-state index is 8.83. The van der Waals surface area contributed by atoms with Gasteiger partial charge in [0.2, 0.25) is 0 Å². The predicted octanol–water partition coefficient (Wildman–Crippen LogP) is 1.98. The van der Waals surface area contributed by atoms with Crippen molar-refractivity contribution in [3.63, 3.8) is 0 Å². The molecule has 0 aliphatic heterocycles. The van der Waals surface area contributed by atoms with Gasteiger partial charge in [-0.2, -0.15) is 10.4 Å². The van der Waals surface area contributed by atoms with Crippen LogP contribution in [0.25, 0.3) is 11.0 Å². The fraction of sp³-hybridized carbons (Fsp3) is 0.222. The third-order valence-corrected chi connectivity index (χ3v) is 2.18. The summed E-state index contributed by atoms with van der Waals surface area (Å²) < 4.78 is 1.67. The van der Waals surface area contributed by atoms with Crippen molar-refractivity contribution in [1.82, 2.24) is 14.8 Å². The minimum Gasteiger partial charge on any atom is -0.246 e. The van der Waals surface area contributed by atoms with Crippen molar-refractivity contribution in [1.29, 1.82) is 5.26 Å². The van der Waals surface area contributed by atoms with Crippen LogP contribution >= 0.6 is 11.6 Å². The highest BCUT2D eigenvalue weighted by atomic mass is 35.5. The summed E-state index contributed by atoms with van der Waals surface area (Å²) in [7, 11) is 0. The Labute approximate surface area is 85.7 Å². The Balaban J connectivity index is 2.84. The minimum absolute atomic E-state index is 0.394. The SMILES string of the molecule is CCn1nc(C#N)c2ccc(Cl)nc21. The molecule has 0 spiro atoms. The van der Waals surface area contributed by atoms with Gasteiger partial charge in [0.25, 0.3) is 0 Å². The zero-order chi connectivity index (χ0) is 10.1. The molecular formula is C9H7ClN4. The third-order valence-electron chi connectivity index (χ3n) is 1.97. The Morgan fingerprint density at radius 1 is 1.57 bits per heavy atom. The van der Waals surface area contributed by atoms with Crippen LogP contribution in [0.4, 0.5) is 0 Å². The first-order valence-electron chi connectivity index (χ1n) is 4.19. The third kappa shape index (κ3) is 1.22. The lowest BCUT2D eigenvalue weighted by Gasteiger charge is -1.96. The number of rotatable bonds is 1. The van der Waals surface area contributed by atoms with E-state index in [1.807, 2.05) is 13.0 Å². The maximum atomic E-state index is 8.83. The first-order valence-corrected chi connectivity index (χ1v) is 4.57. The summed E-state index contributed by atoms with van der Waals surface area (Å²) in [5.41, 5.74) is 1.06. The average molecular weight is 207 g/mol. The van der Waals surface area contributed by atoms with E-state index in [0.29, 0.717) is 23.0 Å². The molecular weight excluding hydrogens is 200 g/mol. The highest BCUT2D eigenvalue weighted by Gasteiger charge is 2.10. The first-order chi connectivity index (χ1) is 6.76. The predicted molar refractivity (Wildman–Crippen MR) is 52.9 cm³/mol. The van der Waals surface area contributed by atoms with Gasteiger partial charge in [0.1, 0.15) is 11.2 Å². The van der Waals surface area contributed by atoms with E-state index in [0.717, 1.165) is 5.39 Å². The molecule has 5 heteroatoms. The smallest absolute Gasteiger partial charge is 0.172 e. The van der Waals surface area contributed by atoms with Gasteiger partial charge in [-0.1, -0.05) is 11.6 Å². The normalized spacial score (nSPS) is 10.4. The number of aromatic nitrogens is 3. The van der Waals surface area contributed by atoms with Gasteiger partial charge in [0.05, 0.1) is 5.39 Å². The van der Waals surface area contributed by atoms with Crippen molar-refractivity contribution in [3.8, 4) is 6.07 Å². The topological polar surface area (TPSA) is 54.5 Å². The number of fused-ring (bicyclic) bond motifs is 1. The van der Waals surface area contributed by atoms with Gasteiger partial charge in [-0.3, -0.25) is 0 Å². The molecule has 0 aromatic carbocycles. The average Bonchev–Trinajstić information content (AvgIpc) is 2.55. The molecule has 0 bridgehead atoms. The van der Waals surface area contributed by atoms with Gasteiger partial charge < -0.3 is 0 Å². The minimum atomic E-state index is 0.394. The zero-order valence-corrected chi connectivity index (χ0v) is 8.28. The van der Waals surface area contributed by atoms with Crippen LogP contribution in [-0.4, -0.2) is 14.8 Å². The van der Waals surface area contributed by atoms with Gasteiger partial charge >= 0.3 is 0 Å². The second-order valence-electron chi connectivity index (χ2n) is 2.78. The van der Waals surface area contributed by atoms with Crippen molar-refractivity contribution in [3.05, 3.63) is 23.0 Å². The largest absolute Gasteiger partial charge is 0.246 e. The Bertz CT molecular complexity index is 523. The molecule has 14 heavy (non-hydrogen) atoms. The molecule has 0 radical (unpaired) electrons. The van der Waals surface area contributed by atoms with Crippen LogP contribution in [0.1, 0.15) is 12.6 Å². The molecule has 0 amide bonds. The molecule has 4 nitrogen and oxygen atoms in total. The van der Waals surface area contributed by atoms with Crippen molar-refractivity contribution in [2.24, 2.45) is 0 Å². The molecule has 70 valence electrons. The van der Waals surface area contributed by atoms with Gasteiger partial charge in [0.15, 0.2) is 11.3 Å². The van der Waals surface area contributed by atoms with Crippen molar-refractivity contribution < 1.29 is 0 Å². The van der Waals surface area contributed by atoms with Crippen LogP contribution in [0.5, 0.6) is 0 Å². The molecule has 0 atom stereocenters. The van der Waals surface area contributed by atoms with E-state index in [-0.39, 0.29) is 0 Å². The molecule has 0 aliphatic rings. The molecule has 0 saturated carbocycles. The zero-order valence-electron chi connectivity index (χ0n) is 7.53. The molecule has 2 aromatic heterocycles. The summed E-state index contributed by atoms with van der Waals surface area (Å²) in [5, 5.41) is 14.1. The van der Waals surface area contributed by atoms with Crippen molar-refractivity contribution >= 4 is 22.6 Å². The molecule has 2 rings (SSSR count). The van der Waals surface area contributed by atoms with Crippen LogP contribution in [0.15, 0.2) is 12.1 Å². The summed E-state index contributed by atoms with van der Waals surface area (Å²) in [6, 6.07) is 5.45. The van der Waals surface area contributed by atoms with Crippen LogP contribution in [0.3, 0.4) is 0 Å². The highest BCUT2D eigenvalue weighted by molar-refractivity contribution is 6.29. The number of hydrogen-bond donors (Lipinski definition) is 0. The summed E-state index contributed by atoms with van der Waals surface area (Å²) in [4.78, 5) is 4.13. The van der Waals surface area contributed by atoms with E-state index >= 15 is 0 Å². The molecule has 0 aliphatic carbocycles. The lowest BCUT2D eigenvalue weighted by Crippen LogP contribution is -1.97. The standard InChI is InChI=1S/C9H7ClN4/c1-2-14-9-6(7(5-11)13-14)3-4-8(10)12-9/h3-4H,2H2,1H3. The second kappa shape index (κ2) is 3.28. The van der Waals surface area contributed by atoms with E-state index in [2.05, 4.69) is 10.1 Å². The lowest BCUT2D eigenvalue weighted by atomic mass is 10.3. The maximum Gasteiger partial charge on any atom is 0.172 e. The van der Waals surface area contributed by atoms with Gasteiger partial charge in [-0.05, 0) is 19.1 Å². The molecule has 0 saturated heterocycles. The number of aryl methyl sites for hydroxylation is 1. The molecule has 2 heterocycles. The Hall–Kier alpha value is -1.60. The molecule has 0 unspecified atom stereocenters. The Kier molecular flexibility index (Phi) is 2.10. The van der Waals surface area contributed by atoms with Gasteiger partial charge in [-0.15, -0.1) is 0 Å². The molecule has 0 fully saturated rings. The van der Waals surface area contributed by atoms with E-state index in [1.54, 1.807) is 16.8 Å². The Morgan fingerprint density at radius 2 is 2.36 bits per heavy atom. The van der Waals surface area contributed by atoms with Crippen LogP contribution < -0.4 is 0 Å². The second-order valence-corrected chi connectivity index (χ2v) is 3.17. The summed E-state index contributed by atoms with van der Waals surface area (Å²) >= 11 is 5.76. The van der Waals surface area contributed by atoms with E-state index in [1.165, 1.54) is 0 Å². The summed E-state index contributed by atoms with van der Waals surface area (Å²) in [6.45, 7) is 2.61. The van der Waals surface area contributed by atoms with Crippen molar-refractivity contribution in [2.75, 3.05) is 0 Å². The summed E-state index contributed by atoms with van der Waals surface area (Å²) in [6.07, 6.45) is 0. The summed E-state index contributed by atoms with van der Waals surface area (Å²) in [5.74, 6) is 0. The van der Waals surface area contributed by atoms with Crippen molar-refractivity contribution in [2.45, 2.75) is 13.5 Å². The number of nitrogens with zero attached hydrogens (tertiary/aromatic N) is 4. The number of nitriles is 1.